The lowest BCUT2D eigenvalue weighted by Crippen LogP contribution is -2.50. The van der Waals surface area contributed by atoms with Gasteiger partial charge in [0, 0.05) is 38.8 Å². The summed E-state index contributed by atoms with van der Waals surface area (Å²) in [7, 11) is 0. The third kappa shape index (κ3) is 5.77. The Balaban J connectivity index is 1.61. The first-order valence-electron chi connectivity index (χ1n) is 8.39. The molecule has 2 N–H and O–H groups in total. The van der Waals surface area contributed by atoms with E-state index in [1.807, 2.05) is 0 Å². The average Bonchev–Trinajstić information content (AvgIpc) is 2.50. The van der Waals surface area contributed by atoms with Crippen LogP contribution in [0.1, 0.15) is 25.8 Å². The van der Waals surface area contributed by atoms with Crippen LogP contribution in [0, 0.1) is 5.92 Å². The van der Waals surface area contributed by atoms with E-state index >= 15 is 0 Å². The Hall–Kier alpha value is -0.900. The molecule has 0 aliphatic carbocycles. The van der Waals surface area contributed by atoms with Crippen LogP contribution in [0.15, 0.2) is 30.3 Å². The second kappa shape index (κ2) is 8.52. The Labute approximate surface area is 130 Å². The van der Waals surface area contributed by atoms with Crippen LogP contribution in [-0.2, 0) is 6.42 Å². The van der Waals surface area contributed by atoms with E-state index in [2.05, 4.69) is 54.0 Å². The summed E-state index contributed by atoms with van der Waals surface area (Å²) in [4.78, 5) is 5.12. The van der Waals surface area contributed by atoms with E-state index in [9.17, 15) is 0 Å². The zero-order chi connectivity index (χ0) is 15.1. The minimum Gasteiger partial charge on any atom is -0.326 e. The Bertz CT molecular complexity index is 383. The predicted octanol–water partition coefficient (Wildman–Crippen LogP) is 2.22. The van der Waals surface area contributed by atoms with Crippen molar-refractivity contribution in [2.75, 3.05) is 39.3 Å². The standard InChI is InChI=1S/C18H31N3/c1-16(2)18(19)15-21-13-11-20(12-14-21)10-6-9-17-7-4-3-5-8-17/h3-5,7-8,16,18H,6,9-15,19H2,1-2H3/t18-/m1/s1. The molecule has 1 aromatic rings. The van der Waals surface area contributed by atoms with E-state index < -0.39 is 0 Å². The number of hydrogen-bond donors (Lipinski definition) is 1. The summed E-state index contributed by atoms with van der Waals surface area (Å²) < 4.78 is 0. The van der Waals surface area contributed by atoms with Gasteiger partial charge in [-0.3, -0.25) is 4.90 Å². The number of nitrogens with zero attached hydrogens (tertiary/aromatic N) is 2. The third-order valence-corrected chi connectivity index (χ3v) is 4.57. The van der Waals surface area contributed by atoms with E-state index in [0.717, 1.165) is 6.54 Å². The Kier molecular flexibility index (Phi) is 6.68. The number of aryl methyl sites for hydroxylation is 1. The van der Waals surface area contributed by atoms with Gasteiger partial charge < -0.3 is 10.6 Å². The summed E-state index contributed by atoms with van der Waals surface area (Å²) in [5, 5.41) is 0. The van der Waals surface area contributed by atoms with Crippen LogP contribution in [0.5, 0.6) is 0 Å². The van der Waals surface area contributed by atoms with Gasteiger partial charge in [0.25, 0.3) is 0 Å². The topological polar surface area (TPSA) is 32.5 Å². The minimum absolute atomic E-state index is 0.314. The largest absolute Gasteiger partial charge is 0.326 e. The molecular weight excluding hydrogens is 258 g/mol. The van der Waals surface area contributed by atoms with E-state index in [0.29, 0.717) is 12.0 Å². The fourth-order valence-electron chi connectivity index (χ4n) is 2.86. The molecule has 2 rings (SSSR count). The summed E-state index contributed by atoms with van der Waals surface area (Å²) in [5.74, 6) is 0.578. The van der Waals surface area contributed by atoms with E-state index in [1.54, 1.807) is 0 Å². The highest BCUT2D eigenvalue weighted by Gasteiger charge is 2.19. The van der Waals surface area contributed by atoms with Crippen molar-refractivity contribution >= 4 is 0 Å². The number of piperazine rings is 1. The summed E-state index contributed by atoms with van der Waals surface area (Å²) in [5.41, 5.74) is 7.63. The van der Waals surface area contributed by atoms with Crippen LogP contribution in [0.25, 0.3) is 0 Å². The Morgan fingerprint density at radius 1 is 1.00 bits per heavy atom. The molecule has 1 atom stereocenters. The van der Waals surface area contributed by atoms with Crippen LogP contribution in [0.3, 0.4) is 0 Å². The second-order valence-corrected chi connectivity index (χ2v) is 6.64. The fourth-order valence-corrected chi connectivity index (χ4v) is 2.86. The summed E-state index contributed by atoms with van der Waals surface area (Å²) >= 11 is 0. The monoisotopic (exact) mass is 289 g/mol. The van der Waals surface area contributed by atoms with Crippen LogP contribution in [0.2, 0.25) is 0 Å². The second-order valence-electron chi connectivity index (χ2n) is 6.64. The minimum atomic E-state index is 0.314. The zero-order valence-electron chi connectivity index (χ0n) is 13.7. The van der Waals surface area contributed by atoms with Crippen molar-refractivity contribution < 1.29 is 0 Å². The Morgan fingerprint density at radius 3 is 2.24 bits per heavy atom. The lowest BCUT2D eigenvalue weighted by Gasteiger charge is -2.36. The lowest BCUT2D eigenvalue weighted by atomic mass is 10.0. The highest BCUT2D eigenvalue weighted by molar-refractivity contribution is 5.14. The van der Waals surface area contributed by atoms with Crippen molar-refractivity contribution in [1.29, 1.82) is 0 Å². The van der Waals surface area contributed by atoms with Gasteiger partial charge in [-0.25, -0.2) is 0 Å². The van der Waals surface area contributed by atoms with Gasteiger partial charge in [-0.05, 0) is 30.9 Å². The SMILES string of the molecule is CC(C)[C@H](N)CN1CCN(CCCc2ccccc2)CC1. The van der Waals surface area contributed by atoms with Crippen molar-refractivity contribution in [3.8, 4) is 0 Å². The normalized spacial score (nSPS) is 19.0. The molecule has 0 radical (unpaired) electrons. The quantitative estimate of drug-likeness (QED) is 0.835. The molecule has 3 nitrogen and oxygen atoms in total. The van der Waals surface area contributed by atoms with Gasteiger partial charge in [0.15, 0.2) is 0 Å². The molecule has 0 amide bonds. The van der Waals surface area contributed by atoms with Crippen LogP contribution in [0.4, 0.5) is 0 Å². The summed E-state index contributed by atoms with van der Waals surface area (Å²) in [6, 6.07) is 11.1. The van der Waals surface area contributed by atoms with Crippen LogP contribution < -0.4 is 5.73 Å². The van der Waals surface area contributed by atoms with Gasteiger partial charge in [0.1, 0.15) is 0 Å². The van der Waals surface area contributed by atoms with E-state index in [-0.39, 0.29) is 0 Å². The fraction of sp³-hybridized carbons (Fsp3) is 0.667. The maximum absolute atomic E-state index is 6.17. The molecule has 0 spiro atoms. The maximum Gasteiger partial charge on any atom is 0.0191 e. The molecule has 0 unspecified atom stereocenters. The number of nitrogens with two attached hydrogens (primary N) is 1. The van der Waals surface area contributed by atoms with E-state index in [4.69, 9.17) is 5.73 Å². The van der Waals surface area contributed by atoms with Crippen molar-refractivity contribution in [3.05, 3.63) is 35.9 Å². The molecule has 1 aliphatic heterocycles. The number of benzene rings is 1. The maximum atomic E-state index is 6.17. The lowest BCUT2D eigenvalue weighted by molar-refractivity contribution is 0.121. The van der Waals surface area contributed by atoms with Gasteiger partial charge >= 0.3 is 0 Å². The van der Waals surface area contributed by atoms with Gasteiger partial charge in [0.05, 0.1) is 0 Å². The first-order valence-corrected chi connectivity index (χ1v) is 8.39. The van der Waals surface area contributed by atoms with Crippen molar-refractivity contribution in [3.63, 3.8) is 0 Å². The molecule has 0 bridgehead atoms. The molecule has 21 heavy (non-hydrogen) atoms. The Morgan fingerprint density at radius 2 is 1.62 bits per heavy atom. The summed E-state index contributed by atoms with van der Waals surface area (Å²) in [6.07, 6.45) is 2.45. The molecule has 0 saturated carbocycles. The van der Waals surface area contributed by atoms with Crippen LogP contribution in [-0.4, -0.2) is 55.1 Å². The molecular formula is C18H31N3. The predicted molar refractivity (Wildman–Crippen MR) is 90.5 cm³/mol. The van der Waals surface area contributed by atoms with Gasteiger partial charge in [-0.2, -0.15) is 0 Å². The first kappa shape index (κ1) is 16.5. The molecule has 3 heteroatoms. The molecule has 1 fully saturated rings. The van der Waals surface area contributed by atoms with E-state index in [1.165, 1.54) is 51.1 Å². The molecule has 0 aromatic heterocycles. The van der Waals surface area contributed by atoms with Crippen molar-refractivity contribution in [2.45, 2.75) is 32.7 Å². The zero-order valence-corrected chi connectivity index (χ0v) is 13.7. The number of rotatable bonds is 7. The van der Waals surface area contributed by atoms with Crippen molar-refractivity contribution in [1.82, 2.24) is 9.80 Å². The number of hydrogen-bond acceptors (Lipinski definition) is 3. The highest BCUT2D eigenvalue weighted by atomic mass is 15.3. The average molecular weight is 289 g/mol. The third-order valence-electron chi connectivity index (χ3n) is 4.57. The summed E-state index contributed by atoms with van der Waals surface area (Å²) in [6.45, 7) is 11.4. The van der Waals surface area contributed by atoms with Gasteiger partial charge in [-0.15, -0.1) is 0 Å². The molecule has 1 heterocycles. The molecule has 1 aliphatic rings. The first-order chi connectivity index (χ1) is 10.1. The molecule has 118 valence electrons. The smallest absolute Gasteiger partial charge is 0.0191 e. The van der Waals surface area contributed by atoms with Gasteiger partial charge in [0.2, 0.25) is 0 Å². The van der Waals surface area contributed by atoms with Gasteiger partial charge in [-0.1, -0.05) is 44.2 Å². The van der Waals surface area contributed by atoms with Crippen LogP contribution >= 0.6 is 0 Å². The van der Waals surface area contributed by atoms with Crippen molar-refractivity contribution in [2.24, 2.45) is 11.7 Å². The highest BCUT2D eigenvalue weighted by Crippen LogP contribution is 2.08. The molecule has 1 saturated heterocycles. The molecule has 1 aromatic carbocycles.